The highest BCUT2D eigenvalue weighted by Crippen LogP contribution is 2.28. The maximum absolute atomic E-state index is 11.5. The molecule has 2 aromatic rings. The van der Waals surface area contributed by atoms with Gasteiger partial charge in [0.05, 0.1) is 11.3 Å². The number of hydrogen-bond acceptors (Lipinski definition) is 3. The van der Waals surface area contributed by atoms with Gasteiger partial charge in [0.1, 0.15) is 11.4 Å². The highest BCUT2D eigenvalue weighted by molar-refractivity contribution is 6.76. The molecule has 0 aliphatic heterocycles. The Labute approximate surface area is 92.3 Å². The van der Waals surface area contributed by atoms with Crippen LogP contribution in [0.2, 0.25) is 0 Å². The fourth-order valence-electron chi connectivity index (χ4n) is 0.968. The zero-order valence-corrected chi connectivity index (χ0v) is 8.75. The second-order valence-electron chi connectivity index (χ2n) is 2.44. The van der Waals surface area contributed by atoms with Gasteiger partial charge in [-0.3, -0.25) is 4.79 Å². The molecule has 6 nitrogen and oxygen atoms in total. The first-order chi connectivity index (χ1) is 6.50. The van der Waals surface area contributed by atoms with Crippen molar-refractivity contribution in [3.05, 3.63) is 12.4 Å². The van der Waals surface area contributed by atoms with Gasteiger partial charge < -0.3 is 0 Å². The van der Waals surface area contributed by atoms with Crippen LogP contribution in [0.5, 0.6) is 0 Å². The molecule has 1 N–H and O–H groups in total. The summed E-state index contributed by atoms with van der Waals surface area (Å²) in [6.07, 6.45) is 2.95. The van der Waals surface area contributed by atoms with Crippen molar-refractivity contribution < 1.29 is 9.31 Å². The predicted molar refractivity (Wildman–Crippen MR) is 48.4 cm³/mol. The summed E-state index contributed by atoms with van der Waals surface area (Å²) in [7, 11) is 0. The average Bonchev–Trinajstić information content (AvgIpc) is 2.59. The van der Waals surface area contributed by atoms with E-state index in [-0.39, 0.29) is 5.78 Å². The van der Waals surface area contributed by atoms with Crippen LogP contribution in [0, 0.1) is 0 Å². The molecule has 0 fully saturated rings. The van der Waals surface area contributed by atoms with Crippen LogP contribution in [0.15, 0.2) is 12.4 Å². The number of tetrazole rings is 1. The normalized spacial score (nSPS) is 12.2. The molecule has 0 aliphatic rings. The van der Waals surface area contributed by atoms with Crippen molar-refractivity contribution >= 4 is 46.5 Å². The molecular weight excluding hydrogens is 252 g/mol. The topological polar surface area (TPSA) is 67.7 Å². The van der Waals surface area contributed by atoms with Gasteiger partial charge in [0.15, 0.2) is 0 Å². The fraction of sp³-hybridized carbons (Fsp3) is 0.200. The Kier molecular flexibility index (Phi) is 2.13. The summed E-state index contributed by atoms with van der Waals surface area (Å²) in [4.78, 5) is 11.5. The lowest BCUT2D eigenvalue weighted by molar-refractivity contribution is -0.580. The van der Waals surface area contributed by atoms with E-state index in [0.29, 0.717) is 0 Å². The Hall–Kier alpha value is -0.850. The van der Waals surface area contributed by atoms with Gasteiger partial charge in [0.2, 0.25) is 0 Å². The molecule has 0 saturated carbocycles. The van der Waals surface area contributed by atoms with E-state index < -0.39 is 9.70 Å². The minimum atomic E-state index is -2.01. The minimum Gasteiger partial charge on any atom is -0.255 e. The van der Waals surface area contributed by atoms with Crippen LogP contribution in [0.3, 0.4) is 0 Å². The number of nitrogens with one attached hydrogen (secondary N) is 1. The largest absolute Gasteiger partial charge is 0.418 e. The van der Waals surface area contributed by atoms with E-state index in [9.17, 15) is 4.79 Å². The number of aromatic nitrogens is 5. The maximum atomic E-state index is 11.5. The van der Waals surface area contributed by atoms with Crippen molar-refractivity contribution in [2.45, 2.75) is 3.79 Å². The molecule has 2 heterocycles. The number of alkyl halides is 3. The van der Waals surface area contributed by atoms with Crippen molar-refractivity contribution in [3.63, 3.8) is 0 Å². The number of rotatable bonds is 0. The third-order valence-electron chi connectivity index (χ3n) is 1.55. The molecule has 0 amide bonds. The van der Waals surface area contributed by atoms with E-state index in [2.05, 4.69) is 15.5 Å². The van der Waals surface area contributed by atoms with Crippen LogP contribution in [0.4, 0.5) is 0 Å². The summed E-state index contributed by atoms with van der Waals surface area (Å²) in [5.74, 6) is -0.458. The molecule has 0 unspecified atom stereocenters. The summed E-state index contributed by atoms with van der Waals surface area (Å²) in [6, 6.07) is 0. The summed E-state index contributed by atoms with van der Waals surface area (Å²) in [5, 5.41) is 9.61. The second kappa shape index (κ2) is 3.08. The van der Waals surface area contributed by atoms with Crippen molar-refractivity contribution in [1.29, 1.82) is 0 Å². The van der Waals surface area contributed by atoms with Crippen LogP contribution in [-0.2, 0) is 0 Å². The maximum Gasteiger partial charge on any atom is 0.418 e. The number of halogens is 3. The molecule has 2 rings (SSSR count). The van der Waals surface area contributed by atoms with Gasteiger partial charge in [-0.05, 0) is 0 Å². The van der Waals surface area contributed by atoms with Crippen LogP contribution in [-0.4, -0.2) is 29.8 Å². The van der Waals surface area contributed by atoms with Crippen molar-refractivity contribution in [2.24, 2.45) is 0 Å². The molecule has 0 aromatic carbocycles. The Morgan fingerprint density at radius 2 is 2.29 bits per heavy atom. The molecule has 14 heavy (non-hydrogen) atoms. The van der Waals surface area contributed by atoms with Gasteiger partial charge in [-0.25, -0.2) is 0 Å². The van der Waals surface area contributed by atoms with E-state index in [4.69, 9.17) is 34.8 Å². The van der Waals surface area contributed by atoms with Gasteiger partial charge >= 0.3 is 11.7 Å². The Balaban J connectivity index is 2.54. The Bertz CT molecular complexity index is 483. The molecule has 74 valence electrons. The quantitative estimate of drug-likeness (QED) is 0.546. The van der Waals surface area contributed by atoms with Crippen LogP contribution in [0.25, 0.3) is 5.78 Å². The molecule has 0 bridgehead atoms. The molecular formula is C5H3Cl3N5O+. The second-order valence-corrected chi connectivity index (χ2v) is 4.72. The first-order valence-electron chi connectivity index (χ1n) is 3.41. The molecule has 0 saturated heterocycles. The number of hydrogen-bond donors (Lipinski definition) is 1. The van der Waals surface area contributed by atoms with E-state index in [0.717, 1.165) is 4.57 Å². The highest BCUT2D eigenvalue weighted by Gasteiger charge is 2.36. The van der Waals surface area contributed by atoms with Crippen molar-refractivity contribution in [2.75, 3.05) is 0 Å². The minimum absolute atomic E-state index is 0.251. The average molecular weight is 255 g/mol. The highest BCUT2D eigenvalue weighted by atomic mass is 35.6. The third-order valence-corrected chi connectivity index (χ3v) is 2.03. The molecule has 0 atom stereocenters. The number of carbonyl (C=O) groups excluding carboxylic acids is 1. The lowest BCUT2D eigenvalue weighted by Gasteiger charge is -2.05. The summed E-state index contributed by atoms with van der Waals surface area (Å²) >= 11 is 16.3. The number of H-pyrrole nitrogens is 1. The van der Waals surface area contributed by atoms with Gasteiger partial charge in [0, 0.05) is 0 Å². The summed E-state index contributed by atoms with van der Waals surface area (Å²) < 4.78 is 0.496. The lowest BCUT2D eigenvalue weighted by Crippen LogP contribution is -2.28. The van der Waals surface area contributed by atoms with E-state index in [1.807, 2.05) is 0 Å². The first-order valence-corrected chi connectivity index (χ1v) is 4.55. The number of imidazole rings is 1. The summed E-state index contributed by atoms with van der Waals surface area (Å²) in [5.41, 5.74) is 0. The smallest absolute Gasteiger partial charge is 0.255 e. The third kappa shape index (κ3) is 1.45. The fourth-order valence-corrected chi connectivity index (χ4v) is 1.24. The molecule has 0 spiro atoms. The van der Waals surface area contributed by atoms with Crippen LogP contribution in [0.1, 0.15) is 4.79 Å². The number of nitrogens with zero attached hydrogens (tertiary/aromatic N) is 4. The van der Waals surface area contributed by atoms with Crippen LogP contribution < -0.4 is 4.52 Å². The van der Waals surface area contributed by atoms with Crippen LogP contribution >= 0.6 is 34.8 Å². The molecule has 0 radical (unpaired) electrons. The first kappa shape index (κ1) is 9.70. The van der Waals surface area contributed by atoms with E-state index >= 15 is 0 Å². The van der Waals surface area contributed by atoms with Gasteiger partial charge in [-0.2, -0.15) is 4.57 Å². The molecule has 0 aliphatic carbocycles. The predicted octanol–water partition coefficient (Wildman–Crippen LogP) is 0.355. The van der Waals surface area contributed by atoms with Gasteiger partial charge in [-0.1, -0.05) is 40.0 Å². The number of fused-ring (bicyclic) bond motifs is 1. The monoisotopic (exact) mass is 254 g/mol. The van der Waals surface area contributed by atoms with Crippen molar-refractivity contribution in [3.8, 4) is 0 Å². The number of aromatic amines is 1. The SMILES string of the molecule is O=C(n1cc[n+]2[nH]nnc12)C(Cl)(Cl)Cl. The zero-order valence-electron chi connectivity index (χ0n) is 6.49. The number of carbonyl (C=O) groups is 1. The molecule has 9 heteroatoms. The standard InChI is InChI=1S/C5H2Cl3N5O/c6-5(7,8)3(14)12-1-2-13-4(12)9-10-11-13/h1-2H/p+1. The van der Waals surface area contributed by atoms with Crippen molar-refractivity contribution in [1.82, 2.24) is 20.1 Å². The van der Waals surface area contributed by atoms with E-state index in [1.165, 1.54) is 16.9 Å². The summed E-state index contributed by atoms with van der Waals surface area (Å²) in [6.45, 7) is 0. The zero-order chi connectivity index (χ0) is 10.3. The van der Waals surface area contributed by atoms with Gasteiger partial charge in [0.25, 0.3) is 3.79 Å². The lowest BCUT2D eigenvalue weighted by atomic mass is 10.6. The Morgan fingerprint density at radius 1 is 1.57 bits per heavy atom. The van der Waals surface area contributed by atoms with Gasteiger partial charge in [-0.15, -0.1) is 4.52 Å². The Morgan fingerprint density at radius 3 is 2.93 bits per heavy atom. The van der Waals surface area contributed by atoms with E-state index in [1.54, 1.807) is 0 Å². The molecule has 2 aromatic heterocycles.